The summed E-state index contributed by atoms with van der Waals surface area (Å²) in [5.74, 6) is -0.273. The Balaban J connectivity index is 1.66. The second-order valence-electron chi connectivity index (χ2n) is 9.98. The van der Waals surface area contributed by atoms with Gasteiger partial charge in [0.25, 0.3) is 11.7 Å². The van der Waals surface area contributed by atoms with Gasteiger partial charge in [-0.2, -0.15) is 0 Å². The number of ether oxygens (including phenoxy) is 3. The highest BCUT2D eigenvalue weighted by Crippen LogP contribution is 2.40. The summed E-state index contributed by atoms with van der Waals surface area (Å²) >= 11 is 0. The lowest BCUT2D eigenvalue weighted by atomic mass is 9.94. The zero-order chi connectivity index (χ0) is 28.1. The quantitative estimate of drug-likeness (QED) is 0.205. The second kappa shape index (κ2) is 12.2. The average Bonchev–Trinajstić information content (AvgIpc) is 3.17. The molecule has 1 atom stereocenters. The van der Waals surface area contributed by atoms with Crippen molar-refractivity contribution in [3.05, 3.63) is 100 Å². The molecule has 4 rings (SSSR count). The highest BCUT2D eigenvalue weighted by Gasteiger charge is 2.45. The number of aliphatic hydroxyl groups excluding tert-OH is 1. The summed E-state index contributed by atoms with van der Waals surface area (Å²) in [6.07, 6.45) is -0.00176. The molecule has 1 unspecified atom stereocenters. The van der Waals surface area contributed by atoms with E-state index in [4.69, 9.17) is 14.2 Å². The van der Waals surface area contributed by atoms with Gasteiger partial charge in [-0.3, -0.25) is 9.59 Å². The number of hydrogen-bond acceptors (Lipinski definition) is 6. The average molecular weight is 530 g/mol. The maximum Gasteiger partial charge on any atom is 0.295 e. The van der Waals surface area contributed by atoms with Gasteiger partial charge in [-0.05, 0) is 74.7 Å². The van der Waals surface area contributed by atoms with Crippen LogP contribution in [0.1, 0.15) is 47.7 Å². The number of aryl methyl sites for hydroxylation is 2. The summed E-state index contributed by atoms with van der Waals surface area (Å²) < 4.78 is 16.9. The van der Waals surface area contributed by atoms with Crippen molar-refractivity contribution in [1.29, 1.82) is 0 Å². The highest BCUT2D eigenvalue weighted by molar-refractivity contribution is 6.46. The zero-order valence-corrected chi connectivity index (χ0v) is 23.1. The third-order valence-corrected chi connectivity index (χ3v) is 6.61. The molecule has 3 aromatic rings. The molecule has 0 radical (unpaired) electrons. The van der Waals surface area contributed by atoms with Crippen molar-refractivity contribution in [2.24, 2.45) is 0 Å². The largest absolute Gasteiger partial charge is 0.507 e. The molecule has 1 fully saturated rings. The monoisotopic (exact) mass is 529 g/mol. The van der Waals surface area contributed by atoms with Crippen LogP contribution in [0.4, 0.5) is 0 Å². The topological polar surface area (TPSA) is 85.3 Å². The molecule has 1 amide bonds. The Morgan fingerprint density at radius 3 is 2.28 bits per heavy atom. The molecule has 7 nitrogen and oxygen atoms in total. The number of rotatable bonds is 10. The van der Waals surface area contributed by atoms with E-state index in [0.29, 0.717) is 29.2 Å². The van der Waals surface area contributed by atoms with E-state index in [-0.39, 0.29) is 30.6 Å². The summed E-state index contributed by atoms with van der Waals surface area (Å²) in [5.41, 5.74) is 4.22. The van der Waals surface area contributed by atoms with Crippen LogP contribution in [0.25, 0.3) is 5.76 Å². The molecule has 7 heteroatoms. The molecule has 0 aromatic heterocycles. The fraction of sp³-hybridized carbons (Fsp3) is 0.312. The molecule has 0 saturated carbocycles. The van der Waals surface area contributed by atoms with E-state index in [1.807, 2.05) is 76.2 Å². The van der Waals surface area contributed by atoms with Crippen molar-refractivity contribution in [2.45, 2.75) is 46.4 Å². The number of aliphatic hydroxyl groups is 1. The van der Waals surface area contributed by atoms with Gasteiger partial charge < -0.3 is 24.2 Å². The molecular formula is C32H35NO6. The first-order valence-electron chi connectivity index (χ1n) is 13.0. The Morgan fingerprint density at radius 1 is 0.974 bits per heavy atom. The van der Waals surface area contributed by atoms with Gasteiger partial charge >= 0.3 is 0 Å². The Bertz CT molecular complexity index is 1360. The molecule has 1 saturated heterocycles. The van der Waals surface area contributed by atoms with Gasteiger partial charge in [0, 0.05) is 19.2 Å². The van der Waals surface area contributed by atoms with Crippen molar-refractivity contribution in [2.75, 3.05) is 20.3 Å². The second-order valence-corrected chi connectivity index (χ2v) is 9.98. The Morgan fingerprint density at radius 2 is 1.67 bits per heavy atom. The summed E-state index contributed by atoms with van der Waals surface area (Å²) in [7, 11) is 1.54. The molecule has 1 N–H and O–H groups in total. The smallest absolute Gasteiger partial charge is 0.295 e. The van der Waals surface area contributed by atoms with Gasteiger partial charge in [0.05, 0.1) is 24.3 Å². The predicted octanol–water partition coefficient (Wildman–Crippen LogP) is 5.74. The van der Waals surface area contributed by atoms with Crippen LogP contribution in [0.3, 0.4) is 0 Å². The Labute approximate surface area is 229 Å². The summed E-state index contributed by atoms with van der Waals surface area (Å²) in [4.78, 5) is 27.7. The van der Waals surface area contributed by atoms with Crippen LogP contribution in [-0.2, 0) is 20.9 Å². The molecule has 0 aliphatic carbocycles. The number of amides is 1. The number of methoxy groups -OCH3 is 1. The first-order chi connectivity index (χ1) is 18.7. The fourth-order valence-corrected chi connectivity index (χ4v) is 4.58. The van der Waals surface area contributed by atoms with Crippen LogP contribution in [0.2, 0.25) is 0 Å². The maximum atomic E-state index is 13.2. The number of nitrogens with zero attached hydrogens (tertiary/aromatic N) is 1. The molecule has 204 valence electrons. The molecule has 39 heavy (non-hydrogen) atoms. The predicted molar refractivity (Wildman–Crippen MR) is 150 cm³/mol. The van der Waals surface area contributed by atoms with Crippen molar-refractivity contribution in [1.82, 2.24) is 4.90 Å². The molecule has 0 bridgehead atoms. The van der Waals surface area contributed by atoms with E-state index < -0.39 is 17.7 Å². The minimum Gasteiger partial charge on any atom is -0.507 e. The van der Waals surface area contributed by atoms with E-state index in [2.05, 4.69) is 0 Å². The van der Waals surface area contributed by atoms with Crippen LogP contribution in [0, 0.1) is 13.8 Å². The van der Waals surface area contributed by atoms with Crippen LogP contribution < -0.4 is 9.47 Å². The van der Waals surface area contributed by atoms with E-state index in [1.165, 1.54) is 17.6 Å². The lowest BCUT2D eigenvalue weighted by Crippen LogP contribution is -2.32. The van der Waals surface area contributed by atoms with E-state index in [1.54, 1.807) is 18.2 Å². The summed E-state index contributed by atoms with van der Waals surface area (Å²) in [6.45, 7) is 8.66. The normalized spacial score (nSPS) is 16.7. The van der Waals surface area contributed by atoms with Crippen molar-refractivity contribution >= 4 is 17.4 Å². The third kappa shape index (κ3) is 6.32. The van der Waals surface area contributed by atoms with E-state index in [0.717, 1.165) is 11.1 Å². The number of likely N-dealkylation sites (tertiary alicyclic amines) is 1. The van der Waals surface area contributed by atoms with Crippen LogP contribution >= 0.6 is 0 Å². The van der Waals surface area contributed by atoms with Gasteiger partial charge in [-0.15, -0.1) is 0 Å². The molecule has 1 aliphatic heterocycles. The number of carbonyl (C=O) groups excluding carboxylic acids is 2. The molecule has 3 aromatic carbocycles. The fourth-order valence-electron chi connectivity index (χ4n) is 4.58. The van der Waals surface area contributed by atoms with Gasteiger partial charge in [0.1, 0.15) is 23.9 Å². The SMILES string of the molecule is COCCN1C(=O)C(=O)/C(=C(\O)c2ccc(OC(C)C)c(C)c2)C1c1ccc(OCc2ccc(C)cc2)cc1. The van der Waals surface area contributed by atoms with Crippen LogP contribution in [-0.4, -0.2) is 48.1 Å². The van der Waals surface area contributed by atoms with Gasteiger partial charge in [-0.25, -0.2) is 0 Å². The maximum absolute atomic E-state index is 13.2. The molecule has 1 heterocycles. The molecule has 0 spiro atoms. The first-order valence-corrected chi connectivity index (χ1v) is 13.0. The van der Waals surface area contributed by atoms with Crippen molar-refractivity contribution in [3.63, 3.8) is 0 Å². The molecular weight excluding hydrogens is 494 g/mol. The van der Waals surface area contributed by atoms with Gasteiger partial charge in [-0.1, -0.05) is 42.0 Å². The van der Waals surface area contributed by atoms with Crippen molar-refractivity contribution < 1.29 is 28.9 Å². The molecule has 1 aliphatic rings. The lowest BCUT2D eigenvalue weighted by Gasteiger charge is -2.25. The minimum atomic E-state index is -0.766. The summed E-state index contributed by atoms with van der Waals surface area (Å²) in [5, 5.41) is 11.3. The number of carbonyl (C=O) groups is 2. The third-order valence-electron chi connectivity index (χ3n) is 6.61. The highest BCUT2D eigenvalue weighted by atomic mass is 16.5. The van der Waals surface area contributed by atoms with Gasteiger partial charge in [0.15, 0.2) is 0 Å². The van der Waals surface area contributed by atoms with E-state index in [9.17, 15) is 14.7 Å². The number of ketones is 1. The summed E-state index contributed by atoms with van der Waals surface area (Å²) in [6, 6.07) is 19.8. The lowest BCUT2D eigenvalue weighted by molar-refractivity contribution is -0.140. The Kier molecular flexibility index (Phi) is 8.72. The zero-order valence-electron chi connectivity index (χ0n) is 23.1. The van der Waals surface area contributed by atoms with Crippen molar-refractivity contribution in [3.8, 4) is 11.5 Å². The van der Waals surface area contributed by atoms with Gasteiger partial charge in [0.2, 0.25) is 0 Å². The van der Waals surface area contributed by atoms with Crippen LogP contribution in [0.15, 0.2) is 72.3 Å². The number of Topliss-reactive ketones (excluding diaryl/α,β-unsaturated/α-hetero) is 1. The van der Waals surface area contributed by atoms with Crippen LogP contribution in [0.5, 0.6) is 11.5 Å². The number of hydrogen-bond donors (Lipinski definition) is 1. The number of benzene rings is 3. The van der Waals surface area contributed by atoms with E-state index >= 15 is 0 Å². The first kappa shape index (κ1) is 27.9. The standard InChI is InChI=1S/C32H35NO6/c1-20(2)39-27-15-12-25(18-22(27)4)30(34)28-29(33(16-17-37-5)32(36)31(28)35)24-10-13-26(14-11-24)38-19-23-8-6-21(3)7-9-23/h6-15,18,20,29,34H,16-17,19H2,1-5H3/b30-28-. The minimum absolute atomic E-state index is 0.00176. The Hall–Kier alpha value is -4.10.